The average Bonchev–Trinajstić information content (AvgIpc) is 2.98. The van der Waals surface area contributed by atoms with Crippen LogP contribution in [0.4, 0.5) is 10.1 Å². The van der Waals surface area contributed by atoms with Crippen molar-refractivity contribution in [3.8, 4) is 5.88 Å². The van der Waals surface area contributed by atoms with Gasteiger partial charge < -0.3 is 10.1 Å². The van der Waals surface area contributed by atoms with E-state index in [0.717, 1.165) is 10.6 Å². The Labute approximate surface area is 148 Å². The summed E-state index contributed by atoms with van der Waals surface area (Å²) in [6, 6.07) is 9.67. The van der Waals surface area contributed by atoms with Gasteiger partial charge in [0.2, 0.25) is 5.88 Å². The summed E-state index contributed by atoms with van der Waals surface area (Å²) in [4.78, 5) is 21.5. The van der Waals surface area contributed by atoms with Crippen molar-refractivity contribution in [1.82, 2.24) is 9.97 Å². The lowest BCUT2D eigenvalue weighted by Crippen LogP contribution is -2.11. The van der Waals surface area contributed by atoms with Gasteiger partial charge in [-0.15, -0.1) is 11.3 Å². The normalized spacial score (nSPS) is 10.5. The molecule has 3 aromatic rings. The molecular formula is C18H16FN3O2S. The van der Waals surface area contributed by atoms with Crippen LogP contribution in [-0.4, -0.2) is 23.0 Å². The van der Waals surface area contributed by atoms with Crippen LogP contribution in [0.1, 0.15) is 25.9 Å². The predicted octanol–water partition coefficient (Wildman–Crippen LogP) is 3.84. The van der Waals surface area contributed by atoms with E-state index in [0.29, 0.717) is 28.6 Å². The van der Waals surface area contributed by atoms with Crippen molar-refractivity contribution in [2.75, 3.05) is 12.4 Å². The van der Waals surface area contributed by atoms with Crippen LogP contribution in [-0.2, 0) is 6.42 Å². The molecule has 3 rings (SSSR count). The molecule has 0 atom stereocenters. The highest BCUT2D eigenvalue weighted by atomic mass is 32.1. The first-order valence-electron chi connectivity index (χ1n) is 7.57. The van der Waals surface area contributed by atoms with Gasteiger partial charge >= 0.3 is 0 Å². The molecule has 0 saturated heterocycles. The molecule has 0 unspecified atom stereocenters. The average molecular weight is 357 g/mol. The zero-order valence-electron chi connectivity index (χ0n) is 13.7. The fourth-order valence-corrected chi connectivity index (χ4v) is 3.27. The first-order chi connectivity index (χ1) is 12.0. The van der Waals surface area contributed by atoms with Crippen LogP contribution in [0, 0.1) is 12.7 Å². The molecule has 1 aromatic carbocycles. The van der Waals surface area contributed by atoms with E-state index in [2.05, 4.69) is 15.3 Å². The summed E-state index contributed by atoms with van der Waals surface area (Å²) >= 11 is 1.33. The number of benzene rings is 1. The van der Waals surface area contributed by atoms with E-state index in [-0.39, 0.29) is 11.7 Å². The topological polar surface area (TPSA) is 64.1 Å². The number of aromatic nitrogens is 2. The van der Waals surface area contributed by atoms with E-state index in [1.54, 1.807) is 31.2 Å². The number of halogens is 1. The van der Waals surface area contributed by atoms with E-state index in [1.807, 2.05) is 0 Å². The third-order valence-electron chi connectivity index (χ3n) is 3.52. The number of amides is 1. The molecular weight excluding hydrogens is 341 g/mol. The van der Waals surface area contributed by atoms with E-state index >= 15 is 0 Å². The Kier molecular flexibility index (Phi) is 5.04. The molecule has 5 nitrogen and oxygen atoms in total. The predicted molar refractivity (Wildman–Crippen MR) is 94.8 cm³/mol. The van der Waals surface area contributed by atoms with Crippen molar-refractivity contribution in [1.29, 1.82) is 0 Å². The van der Waals surface area contributed by atoms with E-state index in [4.69, 9.17) is 4.74 Å². The molecule has 0 fully saturated rings. The van der Waals surface area contributed by atoms with Crippen LogP contribution in [0.5, 0.6) is 5.88 Å². The molecule has 2 heterocycles. The number of rotatable bonds is 5. The van der Waals surface area contributed by atoms with Gasteiger partial charge in [0.25, 0.3) is 5.91 Å². The van der Waals surface area contributed by atoms with Crippen LogP contribution in [0.15, 0.2) is 42.6 Å². The van der Waals surface area contributed by atoms with Gasteiger partial charge in [0.1, 0.15) is 10.7 Å². The van der Waals surface area contributed by atoms with Crippen molar-refractivity contribution in [3.05, 3.63) is 69.6 Å². The lowest BCUT2D eigenvalue weighted by molar-refractivity contribution is 0.102. The summed E-state index contributed by atoms with van der Waals surface area (Å²) < 4.78 is 18.0. The Morgan fingerprint density at radius 3 is 2.64 bits per heavy atom. The lowest BCUT2D eigenvalue weighted by atomic mass is 10.1. The molecule has 1 N–H and O–H groups in total. The number of hydrogen-bond acceptors (Lipinski definition) is 5. The van der Waals surface area contributed by atoms with Crippen LogP contribution >= 0.6 is 11.3 Å². The van der Waals surface area contributed by atoms with Gasteiger partial charge in [0, 0.05) is 12.5 Å². The molecule has 0 radical (unpaired) electrons. The SMILES string of the molecule is COc1ccc(NC(=O)c2sc(Cc3ccc(F)cc3)nc2C)cn1. The number of pyridine rings is 1. The summed E-state index contributed by atoms with van der Waals surface area (Å²) in [5, 5.41) is 3.61. The van der Waals surface area contributed by atoms with Crippen molar-refractivity contribution in [2.24, 2.45) is 0 Å². The Balaban J connectivity index is 1.72. The maximum atomic E-state index is 13.0. The van der Waals surface area contributed by atoms with E-state index in [9.17, 15) is 9.18 Å². The zero-order valence-corrected chi connectivity index (χ0v) is 14.6. The first kappa shape index (κ1) is 17.0. The molecule has 1 amide bonds. The molecule has 128 valence electrons. The largest absolute Gasteiger partial charge is 0.481 e. The lowest BCUT2D eigenvalue weighted by Gasteiger charge is -2.04. The van der Waals surface area contributed by atoms with Crippen LogP contribution in [0.2, 0.25) is 0 Å². The molecule has 0 aliphatic heterocycles. The van der Waals surface area contributed by atoms with Crippen LogP contribution < -0.4 is 10.1 Å². The number of nitrogens with zero attached hydrogens (tertiary/aromatic N) is 2. The van der Waals surface area contributed by atoms with Gasteiger partial charge in [-0.2, -0.15) is 0 Å². The molecule has 7 heteroatoms. The van der Waals surface area contributed by atoms with Crippen molar-refractivity contribution >= 4 is 22.9 Å². The molecule has 0 aliphatic rings. The Morgan fingerprint density at radius 2 is 2.00 bits per heavy atom. The Bertz CT molecular complexity index is 876. The highest BCUT2D eigenvalue weighted by Gasteiger charge is 2.16. The molecule has 0 saturated carbocycles. The third-order valence-corrected chi connectivity index (χ3v) is 4.68. The number of carbonyl (C=O) groups excluding carboxylic acids is 1. The maximum Gasteiger partial charge on any atom is 0.267 e. The fraction of sp³-hybridized carbons (Fsp3) is 0.167. The number of carbonyl (C=O) groups is 1. The summed E-state index contributed by atoms with van der Waals surface area (Å²) in [7, 11) is 1.53. The molecule has 0 bridgehead atoms. The highest BCUT2D eigenvalue weighted by molar-refractivity contribution is 7.14. The van der Waals surface area contributed by atoms with Gasteiger partial charge in [-0.3, -0.25) is 4.79 Å². The van der Waals surface area contributed by atoms with Gasteiger partial charge in [-0.05, 0) is 30.7 Å². The van der Waals surface area contributed by atoms with E-state index in [1.165, 1.54) is 36.8 Å². The van der Waals surface area contributed by atoms with E-state index < -0.39 is 0 Å². The quantitative estimate of drug-likeness (QED) is 0.754. The number of aryl methyl sites for hydroxylation is 1. The van der Waals surface area contributed by atoms with Crippen molar-refractivity contribution in [3.63, 3.8) is 0 Å². The molecule has 0 aliphatic carbocycles. The second-order valence-corrected chi connectivity index (χ2v) is 6.45. The van der Waals surface area contributed by atoms with Crippen molar-refractivity contribution in [2.45, 2.75) is 13.3 Å². The zero-order chi connectivity index (χ0) is 17.8. The number of ether oxygens (including phenoxy) is 1. The second kappa shape index (κ2) is 7.40. The minimum absolute atomic E-state index is 0.229. The first-order valence-corrected chi connectivity index (χ1v) is 8.39. The minimum atomic E-state index is -0.271. The van der Waals surface area contributed by atoms with Crippen LogP contribution in [0.25, 0.3) is 0 Å². The molecule has 2 aromatic heterocycles. The molecule has 25 heavy (non-hydrogen) atoms. The highest BCUT2D eigenvalue weighted by Crippen LogP contribution is 2.22. The minimum Gasteiger partial charge on any atom is -0.481 e. The van der Waals surface area contributed by atoms with Gasteiger partial charge in [-0.25, -0.2) is 14.4 Å². The van der Waals surface area contributed by atoms with Gasteiger partial charge in [0.15, 0.2) is 0 Å². The second-order valence-electron chi connectivity index (χ2n) is 5.37. The smallest absolute Gasteiger partial charge is 0.267 e. The summed E-state index contributed by atoms with van der Waals surface area (Å²) in [6.07, 6.45) is 2.09. The van der Waals surface area contributed by atoms with Gasteiger partial charge in [0.05, 0.1) is 29.7 Å². The summed E-state index contributed by atoms with van der Waals surface area (Å²) in [6.45, 7) is 1.80. The Morgan fingerprint density at radius 1 is 1.24 bits per heavy atom. The summed E-state index contributed by atoms with van der Waals surface area (Å²) in [5.41, 5.74) is 2.20. The number of thiazole rings is 1. The Hall–Kier alpha value is -2.80. The number of anilines is 1. The third kappa shape index (κ3) is 4.19. The maximum absolute atomic E-state index is 13.0. The van der Waals surface area contributed by atoms with Crippen LogP contribution in [0.3, 0.4) is 0 Å². The fourth-order valence-electron chi connectivity index (χ4n) is 2.28. The number of methoxy groups -OCH3 is 1. The molecule has 0 spiro atoms. The number of hydrogen-bond donors (Lipinski definition) is 1. The standard InChI is InChI=1S/C18H16FN3O2S/c1-11-17(18(23)22-14-7-8-15(24-2)20-10-14)25-16(21-11)9-12-3-5-13(19)6-4-12/h3-8,10H,9H2,1-2H3,(H,22,23). The monoisotopic (exact) mass is 357 g/mol. The number of nitrogens with one attached hydrogen (secondary N) is 1. The summed E-state index contributed by atoms with van der Waals surface area (Å²) in [5.74, 6) is -0.0203. The van der Waals surface area contributed by atoms with Gasteiger partial charge in [-0.1, -0.05) is 12.1 Å². The van der Waals surface area contributed by atoms with Crippen molar-refractivity contribution < 1.29 is 13.9 Å².